The molecule has 1 saturated heterocycles. The summed E-state index contributed by atoms with van der Waals surface area (Å²) in [6.45, 7) is 8.12. The predicted octanol–water partition coefficient (Wildman–Crippen LogP) is 1.63. The Balaban J connectivity index is 1.46. The van der Waals surface area contributed by atoms with Crippen LogP contribution in [0.3, 0.4) is 0 Å². The number of aliphatic hydroxyl groups excluding tert-OH is 1. The first-order valence-electron chi connectivity index (χ1n) is 8.47. The van der Waals surface area contributed by atoms with Crippen molar-refractivity contribution in [1.29, 1.82) is 0 Å². The second kappa shape index (κ2) is 8.98. The molecule has 2 unspecified atom stereocenters. The van der Waals surface area contributed by atoms with E-state index in [9.17, 15) is 5.11 Å². The van der Waals surface area contributed by atoms with Crippen LogP contribution in [0, 0.1) is 5.92 Å². The van der Waals surface area contributed by atoms with Crippen LogP contribution in [0.4, 0.5) is 0 Å². The molecule has 0 radical (unpaired) electrons. The van der Waals surface area contributed by atoms with E-state index in [1.807, 2.05) is 0 Å². The Morgan fingerprint density at radius 2 is 1.85 bits per heavy atom. The lowest BCUT2D eigenvalue weighted by atomic mass is 10.1. The predicted molar refractivity (Wildman–Crippen MR) is 81.9 cm³/mol. The highest BCUT2D eigenvalue weighted by atomic mass is 16.5. The van der Waals surface area contributed by atoms with Crippen molar-refractivity contribution in [2.75, 3.05) is 39.3 Å². The third-order valence-electron chi connectivity index (χ3n) is 4.47. The third kappa shape index (κ3) is 6.08. The number of aliphatic hydroxyl groups is 1. The molecule has 1 aliphatic heterocycles. The SMILES string of the molecule is CC(CNCC(O)COC1CCCC1)CN1CCCC1. The Hall–Kier alpha value is -0.160. The van der Waals surface area contributed by atoms with Crippen molar-refractivity contribution in [1.82, 2.24) is 10.2 Å². The van der Waals surface area contributed by atoms with Crippen molar-refractivity contribution in [3.63, 3.8) is 0 Å². The van der Waals surface area contributed by atoms with Crippen LogP contribution in [0.1, 0.15) is 45.4 Å². The average Bonchev–Trinajstić information content (AvgIpc) is 3.09. The van der Waals surface area contributed by atoms with Gasteiger partial charge in [0.05, 0.1) is 18.8 Å². The second-order valence-electron chi connectivity index (χ2n) is 6.66. The average molecular weight is 284 g/mol. The molecule has 2 aliphatic rings. The molecule has 4 heteroatoms. The molecule has 118 valence electrons. The van der Waals surface area contributed by atoms with E-state index < -0.39 is 0 Å². The highest BCUT2D eigenvalue weighted by molar-refractivity contribution is 4.71. The maximum atomic E-state index is 9.91. The number of nitrogens with one attached hydrogen (secondary N) is 1. The van der Waals surface area contributed by atoms with Gasteiger partial charge in [0, 0.05) is 13.1 Å². The van der Waals surface area contributed by atoms with Gasteiger partial charge in [-0.05, 0) is 51.2 Å². The van der Waals surface area contributed by atoms with Gasteiger partial charge in [0.25, 0.3) is 0 Å². The van der Waals surface area contributed by atoms with Gasteiger partial charge in [-0.3, -0.25) is 0 Å². The summed E-state index contributed by atoms with van der Waals surface area (Å²) in [7, 11) is 0. The molecule has 0 amide bonds. The maximum Gasteiger partial charge on any atom is 0.0897 e. The van der Waals surface area contributed by atoms with E-state index in [1.165, 1.54) is 58.2 Å². The van der Waals surface area contributed by atoms with Crippen molar-refractivity contribution in [3.8, 4) is 0 Å². The molecule has 1 heterocycles. The Morgan fingerprint density at radius 3 is 2.55 bits per heavy atom. The minimum absolute atomic E-state index is 0.366. The Bertz CT molecular complexity index is 251. The smallest absolute Gasteiger partial charge is 0.0897 e. The summed E-state index contributed by atoms with van der Waals surface area (Å²) < 4.78 is 5.73. The highest BCUT2D eigenvalue weighted by Crippen LogP contribution is 2.20. The minimum Gasteiger partial charge on any atom is -0.389 e. The van der Waals surface area contributed by atoms with Gasteiger partial charge in [0.15, 0.2) is 0 Å². The van der Waals surface area contributed by atoms with E-state index in [-0.39, 0.29) is 6.10 Å². The number of likely N-dealkylation sites (tertiary alicyclic amines) is 1. The van der Waals surface area contributed by atoms with E-state index in [2.05, 4.69) is 17.1 Å². The van der Waals surface area contributed by atoms with Crippen molar-refractivity contribution in [3.05, 3.63) is 0 Å². The van der Waals surface area contributed by atoms with Crippen LogP contribution in [0.2, 0.25) is 0 Å². The van der Waals surface area contributed by atoms with Crippen LogP contribution in [0.15, 0.2) is 0 Å². The molecule has 20 heavy (non-hydrogen) atoms. The van der Waals surface area contributed by atoms with Crippen LogP contribution in [0.5, 0.6) is 0 Å². The topological polar surface area (TPSA) is 44.7 Å². The Kier molecular flexibility index (Phi) is 7.28. The van der Waals surface area contributed by atoms with Crippen molar-refractivity contribution in [2.24, 2.45) is 5.92 Å². The fraction of sp³-hybridized carbons (Fsp3) is 1.00. The Morgan fingerprint density at radius 1 is 1.15 bits per heavy atom. The molecule has 2 atom stereocenters. The quantitative estimate of drug-likeness (QED) is 0.675. The first kappa shape index (κ1) is 16.2. The molecule has 0 aromatic carbocycles. The van der Waals surface area contributed by atoms with Crippen molar-refractivity contribution >= 4 is 0 Å². The van der Waals surface area contributed by atoms with Crippen LogP contribution in [-0.2, 0) is 4.74 Å². The van der Waals surface area contributed by atoms with Gasteiger partial charge >= 0.3 is 0 Å². The molecule has 2 rings (SSSR count). The standard InChI is InChI=1S/C16H32N2O2/c1-14(12-18-8-4-5-9-18)10-17-11-15(19)13-20-16-6-2-3-7-16/h14-17,19H,2-13H2,1H3. The van der Waals surface area contributed by atoms with E-state index in [0.717, 1.165) is 6.54 Å². The molecular formula is C16H32N2O2. The zero-order valence-corrected chi connectivity index (χ0v) is 13.0. The van der Waals surface area contributed by atoms with Gasteiger partial charge in [0.1, 0.15) is 0 Å². The molecule has 0 bridgehead atoms. The lowest BCUT2D eigenvalue weighted by Crippen LogP contribution is -2.36. The van der Waals surface area contributed by atoms with E-state index >= 15 is 0 Å². The third-order valence-corrected chi connectivity index (χ3v) is 4.47. The highest BCUT2D eigenvalue weighted by Gasteiger charge is 2.17. The monoisotopic (exact) mass is 284 g/mol. The lowest BCUT2D eigenvalue weighted by molar-refractivity contribution is -0.00564. The van der Waals surface area contributed by atoms with Gasteiger partial charge in [-0.2, -0.15) is 0 Å². The van der Waals surface area contributed by atoms with Crippen molar-refractivity contribution in [2.45, 2.75) is 57.7 Å². The Labute approximate surface area is 123 Å². The molecule has 0 aromatic heterocycles. The summed E-state index contributed by atoms with van der Waals surface area (Å²) in [5.74, 6) is 0.649. The van der Waals surface area contributed by atoms with Crippen LogP contribution >= 0.6 is 0 Å². The van der Waals surface area contributed by atoms with Crippen LogP contribution in [0.25, 0.3) is 0 Å². The fourth-order valence-electron chi connectivity index (χ4n) is 3.33. The largest absolute Gasteiger partial charge is 0.389 e. The molecule has 2 N–H and O–H groups in total. The molecule has 4 nitrogen and oxygen atoms in total. The molecule has 1 aliphatic carbocycles. The molecule has 0 aromatic rings. The molecule has 2 fully saturated rings. The summed E-state index contributed by atoms with van der Waals surface area (Å²) >= 11 is 0. The number of rotatable bonds is 9. The van der Waals surface area contributed by atoms with Gasteiger partial charge < -0.3 is 20.1 Å². The minimum atomic E-state index is -0.366. The van der Waals surface area contributed by atoms with Crippen LogP contribution < -0.4 is 5.32 Å². The summed E-state index contributed by atoms with van der Waals surface area (Å²) in [5.41, 5.74) is 0. The summed E-state index contributed by atoms with van der Waals surface area (Å²) in [5, 5.41) is 13.3. The zero-order valence-electron chi connectivity index (χ0n) is 13.0. The zero-order chi connectivity index (χ0) is 14.2. The number of nitrogens with zero attached hydrogens (tertiary/aromatic N) is 1. The van der Waals surface area contributed by atoms with E-state index in [4.69, 9.17) is 4.74 Å². The second-order valence-corrected chi connectivity index (χ2v) is 6.66. The van der Waals surface area contributed by atoms with E-state index in [1.54, 1.807) is 0 Å². The summed E-state index contributed by atoms with van der Waals surface area (Å²) in [4.78, 5) is 2.55. The fourth-order valence-corrected chi connectivity index (χ4v) is 3.33. The number of hydrogen-bond acceptors (Lipinski definition) is 4. The van der Waals surface area contributed by atoms with E-state index in [0.29, 0.717) is 25.2 Å². The lowest BCUT2D eigenvalue weighted by Gasteiger charge is -2.21. The first-order valence-corrected chi connectivity index (χ1v) is 8.47. The van der Waals surface area contributed by atoms with Gasteiger partial charge in [-0.15, -0.1) is 0 Å². The van der Waals surface area contributed by atoms with Gasteiger partial charge in [-0.1, -0.05) is 19.8 Å². The van der Waals surface area contributed by atoms with Gasteiger partial charge in [-0.25, -0.2) is 0 Å². The van der Waals surface area contributed by atoms with Crippen molar-refractivity contribution < 1.29 is 9.84 Å². The molecule has 0 spiro atoms. The normalized spacial score (nSPS) is 24.3. The first-order chi connectivity index (χ1) is 9.74. The molecular weight excluding hydrogens is 252 g/mol. The summed E-state index contributed by atoms with van der Waals surface area (Å²) in [6.07, 6.45) is 7.67. The molecule has 1 saturated carbocycles. The number of hydrogen-bond donors (Lipinski definition) is 2. The summed E-state index contributed by atoms with van der Waals surface area (Å²) in [6, 6.07) is 0. The van der Waals surface area contributed by atoms with Gasteiger partial charge in [0.2, 0.25) is 0 Å². The van der Waals surface area contributed by atoms with Crippen LogP contribution in [-0.4, -0.2) is 61.5 Å². The maximum absolute atomic E-state index is 9.91. The number of ether oxygens (including phenoxy) is 1.